The van der Waals surface area contributed by atoms with Crippen molar-refractivity contribution in [2.24, 2.45) is 17.8 Å². The summed E-state index contributed by atoms with van der Waals surface area (Å²) < 4.78 is 46.9. The summed E-state index contributed by atoms with van der Waals surface area (Å²) in [5, 5.41) is 11.5. The van der Waals surface area contributed by atoms with Crippen molar-refractivity contribution in [3.05, 3.63) is 41.2 Å². The van der Waals surface area contributed by atoms with Gasteiger partial charge in [0, 0.05) is 44.5 Å². The number of hydrogen-bond acceptors (Lipinski definition) is 5. The fraction of sp³-hybridized carbons (Fsp3) is 0.600. The summed E-state index contributed by atoms with van der Waals surface area (Å²) in [6.45, 7) is 6.88. The molecule has 1 aromatic heterocycles. The number of nitrogens with zero attached hydrogens (tertiary/aromatic N) is 3. The number of benzene rings is 1. The van der Waals surface area contributed by atoms with Crippen LogP contribution < -0.4 is 5.32 Å². The Kier molecular flexibility index (Phi) is 6.56. The van der Waals surface area contributed by atoms with Crippen LogP contribution in [0.2, 0.25) is 0 Å². The zero-order valence-electron chi connectivity index (χ0n) is 18.9. The molecule has 0 bridgehead atoms. The van der Waals surface area contributed by atoms with Crippen LogP contribution in [0.1, 0.15) is 43.2 Å². The summed E-state index contributed by atoms with van der Waals surface area (Å²) in [4.78, 5) is 2.59. The molecule has 1 aromatic carbocycles. The van der Waals surface area contributed by atoms with Crippen LogP contribution in [0.25, 0.3) is 11.3 Å². The van der Waals surface area contributed by atoms with E-state index in [1.54, 1.807) is 13.0 Å². The number of aryl methyl sites for hydroxylation is 1. The number of alkyl halides is 2. The van der Waals surface area contributed by atoms with Gasteiger partial charge in [-0.2, -0.15) is 0 Å². The van der Waals surface area contributed by atoms with E-state index in [4.69, 9.17) is 4.74 Å². The number of rotatable bonds is 6. The highest BCUT2D eigenvalue weighted by Crippen LogP contribution is 2.40. The van der Waals surface area contributed by atoms with Crippen LogP contribution in [0.3, 0.4) is 0 Å². The largest absolute Gasteiger partial charge is 0.381 e. The Hall–Kier alpha value is -2.19. The minimum Gasteiger partial charge on any atom is -0.381 e. The van der Waals surface area contributed by atoms with Crippen LogP contribution in [-0.2, 0) is 4.74 Å². The maximum atomic E-state index is 13.9. The Morgan fingerprint density at radius 3 is 2.52 bits per heavy atom. The van der Waals surface area contributed by atoms with E-state index >= 15 is 0 Å². The number of fused-ring (bicyclic) bond motifs is 1. The highest BCUT2D eigenvalue weighted by Gasteiger charge is 2.41. The fourth-order valence-corrected chi connectivity index (χ4v) is 5.84. The quantitative estimate of drug-likeness (QED) is 0.652. The van der Waals surface area contributed by atoms with Crippen LogP contribution in [0.15, 0.2) is 24.3 Å². The number of anilines is 1. The van der Waals surface area contributed by atoms with E-state index in [-0.39, 0.29) is 23.1 Å². The standard InChI is InChI=1S/C25H31F3N4O/c1-15-2-3-19(26)10-21(15)23-11-22(24(27)28)25(31-30-23)29-20-8-17-13-32(14-18(17)9-20)12-16-4-6-33-7-5-16/h2-3,10-11,16-18,20,24H,4-9,12-14H2,1H3,(H,29,31)/t17-,18+,20?. The molecule has 33 heavy (non-hydrogen) atoms. The lowest BCUT2D eigenvalue weighted by Crippen LogP contribution is -2.32. The first-order chi connectivity index (χ1) is 16.0. The molecule has 3 aliphatic rings. The van der Waals surface area contributed by atoms with Crippen LogP contribution >= 0.6 is 0 Å². The molecular formula is C25H31F3N4O. The third-order valence-electron chi connectivity index (χ3n) is 7.56. The summed E-state index contributed by atoms with van der Waals surface area (Å²) >= 11 is 0. The van der Waals surface area contributed by atoms with Crippen LogP contribution in [0.4, 0.5) is 19.0 Å². The van der Waals surface area contributed by atoms with Gasteiger partial charge in [0.25, 0.3) is 6.43 Å². The van der Waals surface area contributed by atoms with E-state index < -0.39 is 12.2 Å². The van der Waals surface area contributed by atoms with Crippen molar-refractivity contribution in [2.45, 2.75) is 45.1 Å². The summed E-state index contributed by atoms with van der Waals surface area (Å²) in [6, 6.07) is 5.74. The van der Waals surface area contributed by atoms with Gasteiger partial charge in [-0.15, -0.1) is 10.2 Å². The van der Waals surface area contributed by atoms with Gasteiger partial charge in [0.15, 0.2) is 5.82 Å². The molecule has 2 aliphatic heterocycles. The van der Waals surface area contributed by atoms with E-state index in [2.05, 4.69) is 20.4 Å². The minimum absolute atomic E-state index is 0.124. The van der Waals surface area contributed by atoms with Crippen LogP contribution in [-0.4, -0.2) is 54.0 Å². The second-order valence-electron chi connectivity index (χ2n) is 9.90. The van der Waals surface area contributed by atoms with Crippen molar-refractivity contribution in [1.82, 2.24) is 15.1 Å². The van der Waals surface area contributed by atoms with Gasteiger partial charge in [-0.25, -0.2) is 13.2 Å². The Bertz CT molecular complexity index is 968. The number of halogens is 3. The lowest BCUT2D eigenvalue weighted by atomic mass is 10.00. The Labute approximate surface area is 192 Å². The monoisotopic (exact) mass is 460 g/mol. The molecule has 1 aliphatic carbocycles. The smallest absolute Gasteiger partial charge is 0.267 e. The molecule has 5 rings (SSSR count). The molecule has 3 fully saturated rings. The molecule has 0 radical (unpaired) electrons. The third-order valence-corrected chi connectivity index (χ3v) is 7.56. The van der Waals surface area contributed by atoms with Crippen molar-refractivity contribution >= 4 is 5.82 Å². The molecule has 3 heterocycles. The van der Waals surface area contributed by atoms with Crippen LogP contribution in [0, 0.1) is 30.5 Å². The van der Waals surface area contributed by atoms with Gasteiger partial charge < -0.3 is 15.0 Å². The summed E-state index contributed by atoms with van der Waals surface area (Å²) in [6.07, 6.45) is 1.53. The topological polar surface area (TPSA) is 50.3 Å². The first-order valence-corrected chi connectivity index (χ1v) is 11.9. The van der Waals surface area contributed by atoms with E-state index in [0.29, 0.717) is 17.4 Å². The highest BCUT2D eigenvalue weighted by atomic mass is 19.3. The van der Waals surface area contributed by atoms with Crippen molar-refractivity contribution in [3.8, 4) is 11.3 Å². The van der Waals surface area contributed by atoms with Crippen LogP contribution in [0.5, 0.6) is 0 Å². The zero-order chi connectivity index (χ0) is 22.9. The highest BCUT2D eigenvalue weighted by molar-refractivity contribution is 5.65. The van der Waals surface area contributed by atoms with Crippen molar-refractivity contribution in [1.29, 1.82) is 0 Å². The normalized spacial score (nSPS) is 26.2. The molecular weight excluding hydrogens is 429 g/mol. The number of likely N-dealkylation sites (tertiary alicyclic amines) is 1. The van der Waals surface area contributed by atoms with Crippen molar-refractivity contribution in [3.63, 3.8) is 0 Å². The van der Waals surface area contributed by atoms with Gasteiger partial charge in [-0.05, 0) is 74.1 Å². The van der Waals surface area contributed by atoms with Gasteiger partial charge in [0.1, 0.15) is 5.82 Å². The molecule has 0 amide bonds. The lowest BCUT2D eigenvalue weighted by molar-refractivity contribution is 0.0545. The third kappa shape index (κ3) is 5.01. The molecule has 1 unspecified atom stereocenters. The summed E-state index contributed by atoms with van der Waals surface area (Å²) in [7, 11) is 0. The minimum atomic E-state index is -2.69. The second kappa shape index (κ2) is 9.58. The fourth-order valence-electron chi connectivity index (χ4n) is 5.84. The molecule has 5 nitrogen and oxygen atoms in total. The van der Waals surface area contributed by atoms with E-state index in [9.17, 15) is 13.2 Å². The first kappa shape index (κ1) is 22.6. The second-order valence-corrected chi connectivity index (χ2v) is 9.90. The molecule has 1 N–H and O–H groups in total. The predicted molar refractivity (Wildman–Crippen MR) is 121 cm³/mol. The summed E-state index contributed by atoms with van der Waals surface area (Å²) in [5.41, 5.74) is 1.33. The van der Waals surface area contributed by atoms with Crippen molar-refractivity contribution < 1.29 is 17.9 Å². The van der Waals surface area contributed by atoms with E-state index in [0.717, 1.165) is 70.0 Å². The number of ether oxygens (including phenoxy) is 1. The molecule has 178 valence electrons. The van der Waals surface area contributed by atoms with E-state index in [1.165, 1.54) is 18.2 Å². The molecule has 0 spiro atoms. The van der Waals surface area contributed by atoms with Gasteiger partial charge in [-0.3, -0.25) is 0 Å². The number of aromatic nitrogens is 2. The predicted octanol–water partition coefficient (Wildman–Crippen LogP) is 5.08. The first-order valence-electron chi connectivity index (χ1n) is 11.9. The molecule has 1 saturated carbocycles. The molecule has 2 saturated heterocycles. The number of hydrogen-bond donors (Lipinski definition) is 1. The average Bonchev–Trinajstić information content (AvgIpc) is 3.34. The Morgan fingerprint density at radius 1 is 1.09 bits per heavy atom. The zero-order valence-corrected chi connectivity index (χ0v) is 18.9. The summed E-state index contributed by atoms with van der Waals surface area (Å²) in [5.74, 6) is 1.64. The molecule has 3 atom stereocenters. The maximum absolute atomic E-state index is 13.9. The SMILES string of the molecule is Cc1ccc(F)cc1-c1cc(C(F)F)c(NC2C[C@@H]3CN(CC4CCOCC4)C[C@@H]3C2)nn1. The molecule has 2 aromatic rings. The Morgan fingerprint density at radius 2 is 1.82 bits per heavy atom. The maximum Gasteiger partial charge on any atom is 0.267 e. The lowest BCUT2D eigenvalue weighted by Gasteiger charge is -2.28. The van der Waals surface area contributed by atoms with Crippen molar-refractivity contribution in [2.75, 3.05) is 38.2 Å². The average molecular weight is 461 g/mol. The Balaban J connectivity index is 1.23. The number of nitrogens with one attached hydrogen (secondary N) is 1. The van der Waals surface area contributed by atoms with Gasteiger partial charge in [-0.1, -0.05) is 6.07 Å². The van der Waals surface area contributed by atoms with Gasteiger partial charge in [0.05, 0.1) is 11.3 Å². The van der Waals surface area contributed by atoms with Gasteiger partial charge in [0.2, 0.25) is 0 Å². The van der Waals surface area contributed by atoms with Gasteiger partial charge >= 0.3 is 0 Å². The van der Waals surface area contributed by atoms with E-state index in [1.807, 2.05) is 0 Å². The molecule has 8 heteroatoms.